The van der Waals surface area contributed by atoms with E-state index in [1.54, 1.807) is 0 Å². The van der Waals surface area contributed by atoms with Crippen LogP contribution < -0.4 is 5.32 Å². The van der Waals surface area contributed by atoms with Gasteiger partial charge in [0.05, 0.1) is 0 Å². The Morgan fingerprint density at radius 1 is 1.32 bits per heavy atom. The minimum Gasteiger partial charge on any atom is -0.460 e. The van der Waals surface area contributed by atoms with E-state index in [1.807, 2.05) is 45.0 Å². The summed E-state index contributed by atoms with van der Waals surface area (Å²) in [5.41, 5.74) is 0.586. The molecule has 0 aromatic heterocycles. The van der Waals surface area contributed by atoms with E-state index in [-0.39, 0.29) is 23.8 Å². The first-order valence-corrected chi connectivity index (χ1v) is 7.89. The van der Waals surface area contributed by atoms with Gasteiger partial charge in [0.15, 0.2) is 0 Å². The molecule has 1 aliphatic rings. The van der Waals surface area contributed by atoms with E-state index in [1.165, 1.54) is 0 Å². The molecule has 0 bridgehead atoms. The minimum atomic E-state index is -0.481. The van der Waals surface area contributed by atoms with Gasteiger partial charge in [-0.25, -0.2) is 0 Å². The van der Waals surface area contributed by atoms with Gasteiger partial charge < -0.3 is 10.1 Å². The smallest absolute Gasteiger partial charge is 0.306 e. The molecule has 0 saturated carbocycles. The fraction of sp³-hybridized carbons (Fsp3) is 0.529. The van der Waals surface area contributed by atoms with Crippen molar-refractivity contribution in [1.29, 1.82) is 0 Å². The molecule has 1 aliphatic heterocycles. The lowest BCUT2D eigenvalue weighted by molar-refractivity contribution is -0.155. The Kier molecular flexibility index (Phi) is 5.12. The van der Waals surface area contributed by atoms with Crippen molar-refractivity contribution >= 4 is 23.5 Å². The topological polar surface area (TPSA) is 55.4 Å². The molecule has 2 atom stereocenters. The molecule has 1 fully saturated rings. The molecule has 2 rings (SSSR count). The van der Waals surface area contributed by atoms with Crippen molar-refractivity contribution in [2.75, 3.05) is 0 Å². The summed E-state index contributed by atoms with van der Waals surface area (Å²) < 4.78 is 5.31. The van der Waals surface area contributed by atoms with E-state index < -0.39 is 5.60 Å². The Labute approximate surface area is 136 Å². The average Bonchev–Trinajstić information content (AvgIpc) is 2.76. The number of carbonyl (C=O) groups is 2. The zero-order chi connectivity index (χ0) is 16.3. The first-order chi connectivity index (χ1) is 10.2. The van der Waals surface area contributed by atoms with Gasteiger partial charge in [-0.1, -0.05) is 23.7 Å². The van der Waals surface area contributed by atoms with Crippen LogP contribution in [0.2, 0.25) is 5.02 Å². The third kappa shape index (κ3) is 4.73. The Morgan fingerprint density at radius 3 is 2.55 bits per heavy atom. The first-order valence-electron chi connectivity index (χ1n) is 7.51. The second-order valence-electron chi connectivity index (χ2n) is 6.66. The average molecular weight is 324 g/mol. The molecule has 5 heteroatoms. The Balaban J connectivity index is 1.98. The predicted molar refractivity (Wildman–Crippen MR) is 85.8 cm³/mol. The van der Waals surface area contributed by atoms with Crippen LogP contribution in [-0.4, -0.2) is 23.5 Å². The number of rotatable bonds is 4. The van der Waals surface area contributed by atoms with Crippen molar-refractivity contribution in [2.24, 2.45) is 0 Å². The molecule has 1 N–H and O–H groups in total. The van der Waals surface area contributed by atoms with Crippen LogP contribution in [-0.2, 0) is 14.3 Å². The number of amides is 1. The van der Waals surface area contributed by atoms with Crippen LogP contribution in [0.5, 0.6) is 0 Å². The maximum Gasteiger partial charge on any atom is 0.306 e. The second-order valence-corrected chi connectivity index (χ2v) is 7.10. The van der Waals surface area contributed by atoms with Crippen molar-refractivity contribution < 1.29 is 14.3 Å². The van der Waals surface area contributed by atoms with Crippen LogP contribution in [0.3, 0.4) is 0 Å². The standard InChI is InChI=1S/C17H22ClNO3/c1-17(2,3)22-16(21)9-8-14-13(10-15(20)19-14)11-4-6-12(18)7-5-11/h4-7,13-14H,8-10H2,1-3H3,(H,19,20). The summed E-state index contributed by atoms with van der Waals surface area (Å²) in [4.78, 5) is 23.6. The summed E-state index contributed by atoms with van der Waals surface area (Å²) >= 11 is 5.90. The summed E-state index contributed by atoms with van der Waals surface area (Å²) in [7, 11) is 0. The molecular formula is C17H22ClNO3. The van der Waals surface area contributed by atoms with Gasteiger partial charge in [0, 0.05) is 29.8 Å². The molecule has 0 radical (unpaired) electrons. The molecule has 22 heavy (non-hydrogen) atoms. The fourth-order valence-electron chi connectivity index (χ4n) is 2.71. The largest absolute Gasteiger partial charge is 0.460 e. The highest BCUT2D eigenvalue weighted by Crippen LogP contribution is 2.31. The van der Waals surface area contributed by atoms with Gasteiger partial charge in [0.25, 0.3) is 0 Å². The molecule has 1 aromatic carbocycles. The highest BCUT2D eigenvalue weighted by molar-refractivity contribution is 6.30. The minimum absolute atomic E-state index is 0.0224. The lowest BCUT2D eigenvalue weighted by Crippen LogP contribution is -2.30. The number of ether oxygens (including phenoxy) is 1. The summed E-state index contributed by atoms with van der Waals surface area (Å²) in [5, 5.41) is 3.63. The third-order valence-electron chi connectivity index (χ3n) is 3.62. The van der Waals surface area contributed by atoms with Gasteiger partial charge >= 0.3 is 5.97 Å². The molecule has 0 aliphatic carbocycles. The maximum absolute atomic E-state index is 11.8. The maximum atomic E-state index is 11.8. The van der Waals surface area contributed by atoms with E-state index in [4.69, 9.17) is 16.3 Å². The van der Waals surface area contributed by atoms with Crippen molar-refractivity contribution in [1.82, 2.24) is 5.32 Å². The zero-order valence-corrected chi connectivity index (χ0v) is 13.9. The van der Waals surface area contributed by atoms with Crippen LogP contribution in [0.25, 0.3) is 0 Å². The van der Waals surface area contributed by atoms with Crippen molar-refractivity contribution in [3.05, 3.63) is 34.9 Å². The van der Waals surface area contributed by atoms with Gasteiger partial charge in [-0.2, -0.15) is 0 Å². The van der Waals surface area contributed by atoms with Crippen LogP contribution in [0, 0.1) is 0 Å². The van der Waals surface area contributed by atoms with Crippen LogP contribution in [0.15, 0.2) is 24.3 Å². The number of benzene rings is 1. The highest BCUT2D eigenvalue weighted by Gasteiger charge is 2.33. The Hall–Kier alpha value is -1.55. The number of nitrogens with one attached hydrogen (secondary N) is 1. The lowest BCUT2D eigenvalue weighted by atomic mass is 9.89. The monoisotopic (exact) mass is 323 g/mol. The lowest BCUT2D eigenvalue weighted by Gasteiger charge is -2.22. The predicted octanol–water partition coefficient (Wildman–Crippen LogP) is 3.43. The summed E-state index contributed by atoms with van der Waals surface area (Å²) in [5.74, 6) is -0.134. The number of carbonyl (C=O) groups excluding carboxylic acids is 2. The molecule has 4 nitrogen and oxygen atoms in total. The van der Waals surface area contributed by atoms with Crippen molar-refractivity contribution in [3.63, 3.8) is 0 Å². The molecule has 120 valence electrons. The van der Waals surface area contributed by atoms with E-state index in [0.29, 0.717) is 24.3 Å². The van der Waals surface area contributed by atoms with Gasteiger partial charge in [-0.3, -0.25) is 9.59 Å². The first kappa shape index (κ1) is 16.8. The molecule has 1 heterocycles. The van der Waals surface area contributed by atoms with E-state index in [0.717, 1.165) is 5.56 Å². The van der Waals surface area contributed by atoms with Crippen molar-refractivity contribution in [3.8, 4) is 0 Å². The van der Waals surface area contributed by atoms with Crippen LogP contribution in [0.4, 0.5) is 0 Å². The number of esters is 1. The fourth-order valence-corrected chi connectivity index (χ4v) is 2.83. The summed E-state index contributed by atoms with van der Waals surface area (Å²) in [6, 6.07) is 7.48. The molecule has 0 spiro atoms. The molecule has 1 aromatic rings. The number of hydrogen-bond acceptors (Lipinski definition) is 3. The Morgan fingerprint density at radius 2 is 1.95 bits per heavy atom. The summed E-state index contributed by atoms with van der Waals surface area (Å²) in [6.07, 6.45) is 1.32. The van der Waals surface area contributed by atoms with Crippen LogP contribution in [0.1, 0.15) is 51.5 Å². The molecule has 1 saturated heterocycles. The second kappa shape index (κ2) is 6.69. The van der Waals surface area contributed by atoms with Gasteiger partial charge in [0.2, 0.25) is 5.91 Å². The summed E-state index contributed by atoms with van der Waals surface area (Å²) in [6.45, 7) is 5.54. The highest BCUT2D eigenvalue weighted by atomic mass is 35.5. The molecule has 1 amide bonds. The quantitative estimate of drug-likeness (QED) is 0.864. The van der Waals surface area contributed by atoms with Crippen LogP contribution >= 0.6 is 11.6 Å². The van der Waals surface area contributed by atoms with Gasteiger partial charge in [-0.15, -0.1) is 0 Å². The SMILES string of the molecule is CC(C)(C)OC(=O)CCC1NC(=O)CC1c1ccc(Cl)cc1. The number of hydrogen-bond donors (Lipinski definition) is 1. The van der Waals surface area contributed by atoms with E-state index >= 15 is 0 Å². The van der Waals surface area contributed by atoms with E-state index in [2.05, 4.69) is 5.32 Å². The third-order valence-corrected chi connectivity index (χ3v) is 3.87. The zero-order valence-electron chi connectivity index (χ0n) is 13.2. The van der Waals surface area contributed by atoms with Crippen molar-refractivity contribution in [2.45, 2.75) is 57.6 Å². The van der Waals surface area contributed by atoms with Gasteiger partial charge in [0.1, 0.15) is 5.60 Å². The normalized spacial score (nSPS) is 21.5. The molecule has 2 unspecified atom stereocenters. The Bertz CT molecular complexity index is 548. The molecular weight excluding hydrogens is 302 g/mol. The van der Waals surface area contributed by atoms with E-state index in [9.17, 15) is 9.59 Å². The number of halogens is 1. The van der Waals surface area contributed by atoms with Gasteiger partial charge in [-0.05, 0) is 44.9 Å².